The maximum atomic E-state index is 10.7. The van der Waals surface area contributed by atoms with Gasteiger partial charge in [0, 0.05) is 23.7 Å². The lowest BCUT2D eigenvalue weighted by Gasteiger charge is -2.30. The first-order valence-corrected chi connectivity index (χ1v) is 6.03. The first kappa shape index (κ1) is 14.6. The first-order chi connectivity index (χ1) is 8.25. The van der Waals surface area contributed by atoms with Gasteiger partial charge in [0.25, 0.3) is 5.69 Å². The molecule has 5 nitrogen and oxygen atoms in total. The van der Waals surface area contributed by atoms with Gasteiger partial charge in [-0.2, -0.15) is 0 Å². The Morgan fingerprint density at radius 1 is 1.50 bits per heavy atom. The van der Waals surface area contributed by atoms with Gasteiger partial charge in [-0.3, -0.25) is 15.1 Å². The third-order valence-electron chi connectivity index (χ3n) is 3.14. The van der Waals surface area contributed by atoms with Crippen LogP contribution in [0, 0.1) is 22.5 Å². The van der Waals surface area contributed by atoms with E-state index in [9.17, 15) is 10.1 Å². The summed E-state index contributed by atoms with van der Waals surface area (Å²) in [6.45, 7) is 8.22. The van der Waals surface area contributed by atoms with Crippen molar-refractivity contribution < 1.29 is 4.92 Å². The zero-order valence-electron chi connectivity index (χ0n) is 11.7. The van der Waals surface area contributed by atoms with Gasteiger partial charge in [-0.15, -0.1) is 0 Å². The van der Waals surface area contributed by atoms with Crippen molar-refractivity contribution in [3.63, 3.8) is 0 Å². The molecule has 18 heavy (non-hydrogen) atoms. The number of hydrogen-bond acceptors (Lipinski definition) is 4. The number of aromatic nitrogens is 1. The molecule has 0 radical (unpaired) electrons. The van der Waals surface area contributed by atoms with E-state index in [1.54, 1.807) is 13.0 Å². The molecule has 0 saturated carbocycles. The van der Waals surface area contributed by atoms with Crippen LogP contribution in [0.1, 0.15) is 32.0 Å². The van der Waals surface area contributed by atoms with Crippen LogP contribution >= 0.6 is 0 Å². The molecule has 1 rings (SSSR count). The summed E-state index contributed by atoms with van der Waals surface area (Å²) in [4.78, 5) is 14.5. The van der Waals surface area contributed by atoms with Crippen LogP contribution in [0.3, 0.4) is 0 Å². The number of likely N-dealkylation sites (N-methyl/N-ethyl adjacent to an activating group) is 1. The Kier molecular flexibility index (Phi) is 4.40. The molecule has 0 aliphatic rings. The Labute approximate surface area is 108 Å². The summed E-state index contributed by atoms with van der Waals surface area (Å²) < 4.78 is 0. The predicted molar refractivity (Wildman–Crippen MR) is 71.6 cm³/mol. The van der Waals surface area contributed by atoms with Crippen LogP contribution in [-0.4, -0.2) is 23.0 Å². The molecule has 0 amide bonds. The second kappa shape index (κ2) is 5.44. The highest BCUT2D eigenvalue weighted by atomic mass is 16.6. The standard InChI is InChI=1S/C13H21N3O2/c1-9-6-10(15-8-11(9)16(17)18)7-12(14-5)13(2,3)4/h6,8,12,14H,7H2,1-5H3. The Hall–Kier alpha value is -1.49. The van der Waals surface area contributed by atoms with Crippen molar-refractivity contribution in [3.8, 4) is 0 Å². The van der Waals surface area contributed by atoms with E-state index >= 15 is 0 Å². The van der Waals surface area contributed by atoms with Gasteiger partial charge in [0.2, 0.25) is 0 Å². The molecule has 0 spiro atoms. The Balaban J connectivity index is 2.92. The molecule has 1 N–H and O–H groups in total. The summed E-state index contributed by atoms with van der Waals surface area (Å²) in [7, 11) is 1.92. The van der Waals surface area contributed by atoms with Crippen LogP contribution in [0.5, 0.6) is 0 Å². The molecular formula is C13H21N3O2. The van der Waals surface area contributed by atoms with Gasteiger partial charge in [0.15, 0.2) is 0 Å². The molecule has 1 atom stereocenters. The Morgan fingerprint density at radius 2 is 2.11 bits per heavy atom. The summed E-state index contributed by atoms with van der Waals surface area (Å²) >= 11 is 0. The maximum Gasteiger partial charge on any atom is 0.290 e. The van der Waals surface area contributed by atoms with Gasteiger partial charge >= 0.3 is 0 Å². The molecule has 0 aromatic carbocycles. The fourth-order valence-electron chi connectivity index (χ4n) is 1.96. The quantitative estimate of drug-likeness (QED) is 0.659. The van der Waals surface area contributed by atoms with E-state index in [2.05, 4.69) is 31.1 Å². The van der Waals surface area contributed by atoms with Crippen molar-refractivity contribution >= 4 is 5.69 Å². The van der Waals surface area contributed by atoms with E-state index in [0.29, 0.717) is 5.56 Å². The van der Waals surface area contributed by atoms with Gasteiger partial charge in [0.1, 0.15) is 6.20 Å². The number of aryl methyl sites for hydroxylation is 1. The molecule has 0 saturated heterocycles. The minimum atomic E-state index is -0.397. The minimum absolute atomic E-state index is 0.0792. The third-order valence-corrected chi connectivity index (χ3v) is 3.14. The van der Waals surface area contributed by atoms with E-state index in [-0.39, 0.29) is 17.1 Å². The molecule has 0 aliphatic heterocycles. The topological polar surface area (TPSA) is 68.1 Å². The van der Waals surface area contributed by atoms with Gasteiger partial charge < -0.3 is 5.32 Å². The monoisotopic (exact) mass is 251 g/mol. The van der Waals surface area contributed by atoms with Gasteiger partial charge in [-0.25, -0.2) is 0 Å². The molecule has 0 aliphatic carbocycles. The average Bonchev–Trinajstić information content (AvgIpc) is 2.23. The second-order valence-corrected chi connectivity index (χ2v) is 5.63. The molecule has 0 fully saturated rings. The van der Waals surface area contributed by atoms with Crippen LogP contribution in [0.25, 0.3) is 0 Å². The third kappa shape index (κ3) is 3.50. The van der Waals surface area contributed by atoms with Gasteiger partial charge in [-0.1, -0.05) is 20.8 Å². The average molecular weight is 251 g/mol. The lowest BCUT2D eigenvalue weighted by molar-refractivity contribution is -0.385. The van der Waals surface area contributed by atoms with Crippen LogP contribution in [0.2, 0.25) is 0 Å². The van der Waals surface area contributed by atoms with E-state index in [4.69, 9.17) is 0 Å². The molecule has 1 unspecified atom stereocenters. The van der Waals surface area contributed by atoms with Crippen LogP contribution in [-0.2, 0) is 6.42 Å². The molecule has 1 aromatic rings. The summed E-state index contributed by atoms with van der Waals surface area (Å²) in [5, 5.41) is 14.0. The molecule has 100 valence electrons. The number of nitro groups is 1. The summed E-state index contributed by atoms with van der Waals surface area (Å²) in [5.74, 6) is 0. The summed E-state index contributed by atoms with van der Waals surface area (Å²) in [6, 6.07) is 2.08. The Bertz CT molecular complexity index is 438. The van der Waals surface area contributed by atoms with Crippen LogP contribution < -0.4 is 5.32 Å². The molecular weight excluding hydrogens is 230 g/mol. The highest BCUT2D eigenvalue weighted by Crippen LogP contribution is 2.23. The van der Waals surface area contributed by atoms with Crippen molar-refractivity contribution in [1.29, 1.82) is 0 Å². The number of pyridine rings is 1. The van der Waals surface area contributed by atoms with E-state index in [1.807, 2.05) is 7.05 Å². The maximum absolute atomic E-state index is 10.7. The first-order valence-electron chi connectivity index (χ1n) is 6.03. The van der Waals surface area contributed by atoms with Crippen molar-refractivity contribution in [3.05, 3.63) is 33.6 Å². The predicted octanol–water partition coefficient (Wildman–Crippen LogP) is 2.47. The second-order valence-electron chi connectivity index (χ2n) is 5.63. The zero-order valence-corrected chi connectivity index (χ0v) is 11.7. The molecule has 0 bridgehead atoms. The largest absolute Gasteiger partial charge is 0.316 e. The molecule has 1 heterocycles. The van der Waals surface area contributed by atoms with E-state index in [0.717, 1.165) is 12.1 Å². The van der Waals surface area contributed by atoms with Crippen LogP contribution in [0.4, 0.5) is 5.69 Å². The number of nitrogens with zero attached hydrogens (tertiary/aromatic N) is 2. The highest BCUT2D eigenvalue weighted by Gasteiger charge is 2.24. The normalized spacial score (nSPS) is 13.4. The molecule has 1 aromatic heterocycles. The highest BCUT2D eigenvalue weighted by molar-refractivity contribution is 5.37. The van der Waals surface area contributed by atoms with Crippen molar-refractivity contribution in [1.82, 2.24) is 10.3 Å². The summed E-state index contributed by atoms with van der Waals surface area (Å²) in [5.41, 5.74) is 1.74. The molecule has 5 heteroatoms. The number of rotatable bonds is 4. The Morgan fingerprint density at radius 3 is 2.50 bits per heavy atom. The SMILES string of the molecule is CNC(Cc1cc(C)c([N+](=O)[O-])cn1)C(C)(C)C. The fraction of sp³-hybridized carbons (Fsp3) is 0.615. The summed E-state index contributed by atoms with van der Waals surface area (Å²) in [6.07, 6.45) is 2.11. The van der Waals surface area contributed by atoms with Crippen LogP contribution in [0.15, 0.2) is 12.3 Å². The minimum Gasteiger partial charge on any atom is -0.316 e. The smallest absolute Gasteiger partial charge is 0.290 e. The van der Waals surface area contributed by atoms with Crippen molar-refractivity contribution in [2.75, 3.05) is 7.05 Å². The lowest BCUT2D eigenvalue weighted by Crippen LogP contribution is -2.40. The van der Waals surface area contributed by atoms with Gasteiger partial charge in [0.05, 0.1) is 4.92 Å². The lowest BCUT2D eigenvalue weighted by atomic mass is 9.84. The fourth-order valence-corrected chi connectivity index (χ4v) is 1.96. The van der Waals surface area contributed by atoms with E-state index in [1.165, 1.54) is 6.20 Å². The number of hydrogen-bond donors (Lipinski definition) is 1. The van der Waals surface area contributed by atoms with E-state index < -0.39 is 4.92 Å². The van der Waals surface area contributed by atoms with Gasteiger partial charge in [-0.05, 0) is 25.5 Å². The van der Waals surface area contributed by atoms with Crippen molar-refractivity contribution in [2.24, 2.45) is 5.41 Å². The number of nitrogens with one attached hydrogen (secondary N) is 1. The van der Waals surface area contributed by atoms with Crippen molar-refractivity contribution in [2.45, 2.75) is 40.2 Å². The zero-order chi connectivity index (χ0) is 13.9.